The zero-order valence-corrected chi connectivity index (χ0v) is 13.3. The lowest BCUT2D eigenvalue weighted by atomic mass is 9.70. The Hall–Kier alpha value is -0.540. The Balaban J connectivity index is 2.22. The summed E-state index contributed by atoms with van der Waals surface area (Å²) in [5.74, 6) is 1.40. The van der Waals surface area contributed by atoms with Crippen LogP contribution < -0.4 is 5.73 Å². The van der Waals surface area contributed by atoms with E-state index in [-0.39, 0.29) is 5.54 Å². The molecular weight excluding hydrogens is 258 g/mol. The van der Waals surface area contributed by atoms with Crippen LogP contribution in [-0.2, 0) is 19.9 Å². The number of rotatable bonds is 3. The molecule has 0 spiro atoms. The molecule has 1 heterocycles. The summed E-state index contributed by atoms with van der Waals surface area (Å²) in [6.07, 6.45) is 5.17. The van der Waals surface area contributed by atoms with Gasteiger partial charge in [-0.1, -0.05) is 32.4 Å². The van der Waals surface area contributed by atoms with E-state index in [0.29, 0.717) is 11.8 Å². The van der Waals surface area contributed by atoms with Gasteiger partial charge in [0.25, 0.3) is 0 Å². The van der Waals surface area contributed by atoms with E-state index >= 15 is 0 Å². The second kappa shape index (κ2) is 5.45. The maximum absolute atomic E-state index is 6.66. The van der Waals surface area contributed by atoms with Crippen LogP contribution in [0.3, 0.4) is 0 Å². The van der Waals surface area contributed by atoms with Crippen LogP contribution in [0, 0.1) is 11.8 Å². The highest BCUT2D eigenvalue weighted by molar-refractivity contribution is 6.31. The zero-order valence-electron chi connectivity index (χ0n) is 12.5. The van der Waals surface area contributed by atoms with Crippen molar-refractivity contribution in [1.29, 1.82) is 0 Å². The summed E-state index contributed by atoms with van der Waals surface area (Å²) in [6, 6.07) is 0. The summed E-state index contributed by atoms with van der Waals surface area (Å²) >= 11 is 6.44. The second-order valence-electron chi connectivity index (χ2n) is 6.58. The number of nitrogens with two attached hydrogens (primary N) is 1. The molecule has 0 aliphatic heterocycles. The van der Waals surface area contributed by atoms with E-state index in [1.807, 2.05) is 11.7 Å². The number of nitrogens with zero attached hydrogens (tertiary/aromatic N) is 2. The van der Waals surface area contributed by atoms with Crippen molar-refractivity contribution in [2.45, 2.75) is 58.4 Å². The molecule has 1 aromatic rings. The Kier molecular flexibility index (Phi) is 4.26. The fourth-order valence-electron chi connectivity index (χ4n) is 3.81. The Morgan fingerprint density at radius 3 is 2.42 bits per heavy atom. The van der Waals surface area contributed by atoms with Gasteiger partial charge in [0.05, 0.1) is 16.4 Å². The van der Waals surface area contributed by atoms with Gasteiger partial charge in [-0.25, -0.2) is 0 Å². The summed E-state index contributed by atoms with van der Waals surface area (Å²) in [6.45, 7) is 6.69. The first-order chi connectivity index (χ1) is 8.84. The van der Waals surface area contributed by atoms with Crippen molar-refractivity contribution in [3.63, 3.8) is 0 Å². The molecule has 1 aromatic heterocycles. The van der Waals surface area contributed by atoms with Gasteiger partial charge in [0, 0.05) is 19.0 Å². The van der Waals surface area contributed by atoms with Crippen LogP contribution in [-0.4, -0.2) is 15.3 Å². The van der Waals surface area contributed by atoms with Crippen LogP contribution in [0.2, 0.25) is 5.02 Å². The fourth-order valence-corrected chi connectivity index (χ4v) is 4.18. The molecule has 1 aliphatic rings. The molecule has 2 rings (SSSR count). The van der Waals surface area contributed by atoms with E-state index in [1.165, 1.54) is 6.42 Å². The third-order valence-electron chi connectivity index (χ3n) is 4.34. The third kappa shape index (κ3) is 3.14. The van der Waals surface area contributed by atoms with Gasteiger partial charge >= 0.3 is 0 Å². The first-order valence-corrected chi connectivity index (χ1v) is 7.71. The predicted octanol–water partition coefficient (Wildman–Crippen LogP) is 3.33. The van der Waals surface area contributed by atoms with Crippen molar-refractivity contribution >= 4 is 11.6 Å². The highest BCUT2D eigenvalue weighted by Gasteiger charge is 2.36. The summed E-state index contributed by atoms with van der Waals surface area (Å²) in [5.41, 5.74) is 8.62. The normalized spacial score (nSPS) is 31.7. The minimum Gasteiger partial charge on any atom is -0.325 e. The molecule has 2 unspecified atom stereocenters. The number of halogens is 1. The maximum Gasteiger partial charge on any atom is 0.0850 e. The molecule has 1 fully saturated rings. The van der Waals surface area contributed by atoms with Gasteiger partial charge < -0.3 is 5.73 Å². The smallest absolute Gasteiger partial charge is 0.0850 e. The van der Waals surface area contributed by atoms with Gasteiger partial charge in [0.1, 0.15) is 0 Å². The van der Waals surface area contributed by atoms with E-state index in [2.05, 4.69) is 25.9 Å². The van der Waals surface area contributed by atoms with Crippen LogP contribution >= 0.6 is 11.6 Å². The van der Waals surface area contributed by atoms with Crippen LogP contribution in [0.15, 0.2) is 0 Å². The number of hydrogen-bond donors (Lipinski definition) is 1. The molecule has 0 saturated heterocycles. The summed E-state index contributed by atoms with van der Waals surface area (Å²) in [7, 11) is 1.97. The zero-order chi connectivity index (χ0) is 14.2. The number of aryl methyl sites for hydroxylation is 2. The van der Waals surface area contributed by atoms with Gasteiger partial charge in [-0.15, -0.1) is 0 Å². The summed E-state index contributed by atoms with van der Waals surface area (Å²) in [4.78, 5) is 0. The van der Waals surface area contributed by atoms with Crippen molar-refractivity contribution in [2.24, 2.45) is 24.6 Å². The molecular formula is C15H26ClN3. The predicted molar refractivity (Wildman–Crippen MR) is 80.4 cm³/mol. The largest absolute Gasteiger partial charge is 0.325 e. The van der Waals surface area contributed by atoms with Crippen LogP contribution in [0.4, 0.5) is 0 Å². The van der Waals surface area contributed by atoms with Gasteiger partial charge in [-0.3, -0.25) is 4.68 Å². The van der Waals surface area contributed by atoms with Gasteiger partial charge in [-0.2, -0.15) is 5.10 Å². The van der Waals surface area contributed by atoms with Crippen LogP contribution in [0.1, 0.15) is 51.4 Å². The topological polar surface area (TPSA) is 43.8 Å². The van der Waals surface area contributed by atoms with E-state index in [1.54, 1.807) is 0 Å². The minimum absolute atomic E-state index is 0.125. The van der Waals surface area contributed by atoms with E-state index in [4.69, 9.17) is 17.3 Å². The average Bonchev–Trinajstić information content (AvgIpc) is 2.54. The lowest BCUT2D eigenvalue weighted by Gasteiger charge is -2.40. The number of aromatic nitrogens is 2. The van der Waals surface area contributed by atoms with Crippen molar-refractivity contribution < 1.29 is 0 Å². The minimum atomic E-state index is -0.125. The first kappa shape index (κ1) is 14.9. The monoisotopic (exact) mass is 283 g/mol. The molecule has 3 nitrogen and oxygen atoms in total. The Morgan fingerprint density at radius 2 is 1.95 bits per heavy atom. The van der Waals surface area contributed by atoms with Crippen molar-refractivity contribution in [3.8, 4) is 0 Å². The van der Waals surface area contributed by atoms with Crippen molar-refractivity contribution in [2.75, 3.05) is 0 Å². The molecule has 108 valence electrons. The fraction of sp³-hybridized carbons (Fsp3) is 0.800. The molecule has 0 aromatic carbocycles. The molecule has 1 aliphatic carbocycles. The van der Waals surface area contributed by atoms with Crippen LogP contribution in [0.25, 0.3) is 0 Å². The van der Waals surface area contributed by atoms with Crippen molar-refractivity contribution in [3.05, 3.63) is 16.4 Å². The van der Waals surface area contributed by atoms with E-state index in [9.17, 15) is 0 Å². The van der Waals surface area contributed by atoms with Gasteiger partial charge in [0.15, 0.2) is 0 Å². The summed E-state index contributed by atoms with van der Waals surface area (Å²) in [5, 5.41) is 5.31. The van der Waals surface area contributed by atoms with Crippen molar-refractivity contribution in [1.82, 2.24) is 9.78 Å². The maximum atomic E-state index is 6.66. The first-order valence-electron chi connectivity index (χ1n) is 7.33. The molecule has 2 N–H and O–H groups in total. The lowest BCUT2D eigenvalue weighted by molar-refractivity contribution is 0.180. The van der Waals surface area contributed by atoms with E-state index < -0.39 is 0 Å². The van der Waals surface area contributed by atoms with Crippen LogP contribution in [0.5, 0.6) is 0 Å². The molecule has 19 heavy (non-hydrogen) atoms. The highest BCUT2D eigenvalue weighted by atomic mass is 35.5. The summed E-state index contributed by atoms with van der Waals surface area (Å²) < 4.78 is 1.92. The molecule has 2 atom stereocenters. The Morgan fingerprint density at radius 1 is 1.37 bits per heavy atom. The quantitative estimate of drug-likeness (QED) is 0.925. The molecule has 1 saturated carbocycles. The Labute approximate surface area is 121 Å². The average molecular weight is 284 g/mol. The molecule has 4 heteroatoms. The molecule has 0 bridgehead atoms. The SMILES string of the molecule is CCc1nn(C)c(CC2(N)CC(C)CC(C)C2)c1Cl. The van der Waals surface area contributed by atoms with Gasteiger partial charge in [0.2, 0.25) is 0 Å². The van der Waals surface area contributed by atoms with Gasteiger partial charge in [-0.05, 0) is 37.5 Å². The molecule has 0 amide bonds. The van der Waals surface area contributed by atoms with E-state index in [0.717, 1.165) is 42.1 Å². The Bertz CT molecular complexity index is 442. The standard InChI is InChI=1S/C15H26ClN3/c1-5-12-14(16)13(19(4)18-12)9-15(17)7-10(2)6-11(3)8-15/h10-11H,5-9,17H2,1-4H3. The number of hydrogen-bond acceptors (Lipinski definition) is 2. The third-order valence-corrected chi connectivity index (χ3v) is 4.77. The second-order valence-corrected chi connectivity index (χ2v) is 6.96. The highest BCUT2D eigenvalue weighted by Crippen LogP contribution is 2.37. The lowest BCUT2D eigenvalue weighted by Crippen LogP contribution is -2.48. The molecule has 0 radical (unpaired) electrons.